The van der Waals surface area contributed by atoms with Gasteiger partial charge in [0.1, 0.15) is 5.82 Å². The van der Waals surface area contributed by atoms with E-state index in [0.717, 1.165) is 18.4 Å². The lowest BCUT2D eigenvalue weighted by Gasteiger charge is -2.24. The fourth-order valence-corrected chi connectivity index (χ4v) is 3.41. The molecule has 1 amide bonds. The number of H-pyrrole nitrogens is 1. The van der Waals surface area contributed by atoms with E-state index in [-0.39, 0.29) is 36.5 Å². The van der Waals surface area contributed by atoms with E-state index in [1.165, 1.54) is 9.47 Å². The predicted octanol–water partition coefficient (Wildman–Crippen LogP) is 2.28. The Morgan fingerprint density at radius 1 is 1.31 bits per heavy atom. The van der Waals surface area contributed by atoms with E-state index in [1.54, 1.807) is 13.0 Å². The van der Waals surface area contributed by atoms with Crippen LogP contribution in [0.2, 0.25) is 5.02 Å². The Kier molecular flexibility index (Phi) is 8.04. The number of carbonyl (C=O) groups is 1. The molecule has 0 aliphatic carbocycles. The van der Waals surface area contributed by atoms with Crippen molar-refractivity contribution in [2.24, 2.45) is 0 Å². The summed E-state index contributed by atoms with van der Waals surface area (Å²) in [7, 11) is 0. The number of amides is 1. The first-order chi connectivity index (χ1) is 13.8. The van der Waals surface area contributed by atoms with Crippen molar-refractivity contribution in [3.63, 3.8) is 0 Å². The molecular formula is C20H28ClN5O3. The molecule has 0 aliphatic rings. The van der Waals surface area contributed by atoms with E-state index in [0.29, 0.717) is 11.6 Å². The van der Waals surface area contributed by atoms with Crippen LogP contribution in [0.15, 0.2) is 33.9 Å². The van der Waals surface area contributed by atoms with Crippen molar-refractivity contribution >= 4 is 29.0 Å². The largest absolute Gasteiger partial charge is 0.383 e. The first-order valence-electron chi connectivity index (χ1n) is 9.72. The Morgan fingerprint density at radius 2 is 2.00 bits per heavy atom. The second kappa shape index (κ2) is 10.3. The molecule has 2 aromatic rings. The van der Waals surface area contributed by atoms with Crippen LogP contribution >= 0.6 is 11.6 Å². The molecule has 0 fully saturated rings. The van der Waals surface area contributed by atoms with Crippen molar-refractivity contribution in [1.82, 2.24) is 14.9 Å². The van der Waals surface area contributed by atoms with Crippen molar-refractivity contribution < 1.29 is 4.79 Å². The van der Waals surface area contributed by atoms with Crippen LogP contribution in [0.3, 0.4) is 0 Å². The van der Waals surface area contributed by atoms with Gasteiger partial charge >= 0.3 is 5.69 Å². The van der Waals surface area contributed by atoms with Crippen molar-refractivity contribution in [3.8, 4) is 0 Å². The molecule has 2 rings (SSSR count). The molecule has 8 nitrogen and oxygen atoms in total. The quantitative estimate of drug-likeness (QED) is 0.574. The van der Waals surface area contributed by atoms with Crippen LogP contribution in [0.4, 0.5) is 11.5 Å². The lowest BCUT2D eigenvalue weighted by Crippen LogP contribution is -2.44. The second-order valence-electron chi connectivity index (χ2n) is 6.76. The van der Waals surface area contributed by atoms with E-state index < -0.39 is 11.2 Å². The molecule has 29 heavy (non-hydrogen) atoms. The number of nitrogens with one attached hydrogen (secondary N) is 2. The summed E-state index contributed by atoms with van der Waals surface area (Å²) in [5, 5.41) is 3.73. The van der Waals surface area contributed by atoms with E-state index >= 15 is 0 Å². The molecule has 158 valence electrons. The Bertz CT molecular complexity index is 969. The Labute approximate surface area is 174 Å². The van der Waals surface area contributed by atoms with Gasteiger partial charge < -0.3 is 16.0 Å². The number of carbonyl (C=O) groups excluding carboxylic acids is 1. The number of hydrogen-bond donors (Lipinski definition) is 3. The third-order valence-corrected chi connectivity index (χ3v) is 5.11. The zero-order chi connectivity index (χ0) is 21.6. The maximum Gasteiger partial charge on any atom is 0.330 e. The van der Waals surface area contributed by atoms with Crippen molar-refractivity contribution in [2.75, 3.05) is 23.7 Å². The fourth-order valence-electron chi connectivity index (χ4n) is 3.11. The van der Waals surface area contributed by atoms with Gasteiger partial charge in [-0.1, -0.05) is 43.1 Å². The topological polar surface area (TPSA) is 113 Å². The minimum absolute atomic E-state index is 0.000370. The Balaban J connectivity index is 2.24. The highest BCUT2D eigenvalue weighted by Crippen LogP contribution is 2.22. The Morgan fingerprint density at radius 3 is 2.62 bits per heavy atom. The van der Waals surface area contributed by atoms with Crippen molar-refractivity contribution in [2.45, 2.75) is 46.2 Å². The van der Waals surface area contributed by atoms with Crippen LogP contribution in [0.1, 0.15) is 45.2 Å². The highest BCUT2D eigenvalue weighted by molar-refractivity contribution is 6.31. The van der Waals surface area contributed by atoms with Crippen molar-refractivity contribution in [1.29, 1.82) is 0 Å². The first kappa shape index (κ1) is 22.7. The van der Waals surface area contributed by atoms with Crippen molar-refractivity contribution in [3.05, 3.63) is 55.7 Å². The number of aromatic nitrogens is 2. The van der Waals surface area contributed by atoms with Crippen LogP contribution in [-0.4, -0.2) is 28.5 Å². The fraction of sp³-hybridized carbons (Fsp3) is 0.450. The SMILES string of the molecule is CCCCn1c(N)c(N(CC)C(=O)CNC(C)c2ccccc2Cl)c(=O)[nH]c1=O. The molecule has 0 aliphatic heterocycles. The third kappa shape index (κ3) is 5.27. The number of likely N-dealkylation sites (N-methyl/N-ethyl adjacent to an activating group) is 1. The molecule has 4 N–H and O–H groups in total. The second-order valence-corrected chi connectivity index (χ2v) is 7.17. The number of nitrogen functional groups attached to an aromatic ring is 1. The summed E-state index contributed by atoms with van der Waals surface area (Å²) in [5.74, 6) is -0.328. The Hall–Kier alpha value is -2.58. The molecule has 9 heteroatoms. The summed E-state index contributed by atoms with van der Waals surface area (Å²) in [4.78, 5) is 40.9. The molecule has 1 unspecified atom stereocenters. The van der Waals surface area contributed by atoms with Crippen LogP contribution in [0.25, 0.3) is 0 Å². The zero-order valence-electron chi connectivity index (χ0n) is 17.0. The number of aromatic amines is 1. The predicted molar refractivity (Wildman–Crippen MR) is 117 cm³/mol. The summed E-state index contributed by atoms with van der Waals surface area (Å²) in [6.45, 7) is 6.22. The smallest absolute Gasteiger partial charge is 0.330 e. The summed E-state index contributed by atoms with van der Waals surface area (Å²) in [5.41, 5.74) is 5.75. The molecule has 0 radical (unpaired) electrons. The number of unbranched alkanes of at least 4 members (excludes halogenated alkanes) is 1. The van der Waals surface area contributed by atoms with Gasteiger partial charge in [-0.05, 0) is 31.9 Å². The average Bonchev–Trinajstić information content (AvgIpc) is 2.69. The molecular weight excluding hydrogens is 394 g/mol. The van der Waals surface area contributed by atoms with E-state index in [9.17, 15) is 14.4 Å². The third-order valence-electron chi connectivity index (χ3n) is 4.77. The standard InChI is InChI=1S/C20H28ClN5O3/c1-4-6-11-26-18(22)17(19(28)24-20(26)29)25(5-2)16(27)12-23-13(3)14-9-7-8-10-15(14)21/h7-10,13,23H,4-6,11-12,22H2,1-3H3,(H,24,28,29). The first-order valence-corrected chi connectivity index (χ1v) is 10.1. The summed E-state index contributed by atoms with van der Waals surface area (Å²) >= 11 is 6.21. The number of benzene rings is 1. The molecule has 1 heterocycles. The normalized spacial score (nSPS) is 12.0. The van der Waals surface area contributed by atoms with Crippen LogP contribution in [0.5, 0.6) is 0 Å². The number of nitrogens with zero attached hydrogens (tertiary/aromatic N) is 2. The molecule has 0 saturated heterocycles. The van der Waals surface area contributed by atoms with E-state index in [1.807, 2.05) is 32.0 Å². The molecule has 1 aromatic carbocycles. The lowest BCUT2D eigenvalue weighted by atomic mass is 10.1. The van der Waals surface area contributed by atoms with E-state index in [2.05, 4.69) is 10.3 Å². The van der Waals surface area contributed by atoms with Gasteiger partial charge in [-0.15, -0.1) is 0 Å². The highest BCUT2D eigenvalue weighted by Gasteiger charge is 2.23. The number of halogens is 1. The van der Waals surface area contributed by atoms with Gasteiger partial charge in [0.25, 0.3) is 5.56 Å². The summed E-state index contributed by atoms with van der Waals surface area (Å²) in [6, 6.07) is 7.22. The minimum atomic E-state index is -0.672. The monoisotopic (exact) mass is 421 g/mol. The zero-order valence-corrected chi connectivity index (χ0v) is 17.8. The number of anilines is 2. The molecule has 0 spiro atoms. The van der Waals surface area contributed by atoms with Gasteiger partial charge in [-0.3, -0.25) is 19.1 Å². The maximum absolute atomic E-state index is 12.8. The van der Waals surface area contributed by atoms with E-state index in [4.69, 9.17) is 17.3 Å². The summed E-state index contributed by atoms with van der Waals surface area (Å²) < 4.78 is 1.30. The van der Waals surface area contributed by atoms with Crippen LogP contribution in [0, 0.1) is 0 Å². The van der Waals surface area contributed by atoms with Crippen LogP contribution in [-0.2, 0) is 11.3 Å². The number of rotatable bonds is 9. The minimum Gasteiger partial charge on any atom is -0.383 e. The maximum atomic E-state index is 12.8. The van der Waals surface area contributed by atoms with Gasteiger partial charge in [-0.2, -0.15) is 0 Å². The molecule has 1 atom stereocenters. The van der Waals surface area contributed by atoms with Gasteiger partial charge in [0.05, 0.1) is 6.54 Å². The molecule has 0 bridgehead atoms. The van der Waals surface area contributed by atoms with Gasteiger partial charge in [-0.25, -0.2) is 4.79 Å². The number of nitrogens with two attached hydrogens (primary N) is 1. The lowest BCUT2D eigenvalue weighted by molar-refractivity contribution is -0.117. The molecule has 1 aromatic heterocycles. The highest BCUT2D eigenvalue weighted by atomic mass is 35.5. The summed E-state index contributed by atoms with van der Waals surface area (Å²) in [6.07, 6.45) is 1.59. The van der Waals surface area contributed by atoms with Crippen LogP contribution < -0.4 is 27.2 Å². The van der Waals surface area contributed by atoms with Gasteiger partial charge in [0, 0.05) is 24.2 Å². The average molecular weight is 422 g/mol. The van der Waals surface area contributed by atoms with Gasteiger partial charge in [0.15, 0.2) is 5.69 Å². The van der Waals surface area contributed by atoms with Gasteiger partial charge in [0.2, 0.25) is 5.91 Å². The molecule has 0 saturated carbocycles. The number of hydrogen-bond acceptors (Lipinski definition) is 5.